The number of hydrogen-bond donors (Lipinski definition) is 0. The fourth-order valence-electron chi connectivity index (χ4n) is 4.32. The maximum Gasteiger partial charge on any atom is 0.306 e. The summed E-state index contributed by atoms with van der Waals surface area (Å²) < 4.78 is 10.2. The van der Waals surface area contributed by atoms with Crippen molar-refractivity contribution in [3.63, 3.8) is 0 Å². The third kappa shape index (κ3) is 3.70. The number of esters is 1. The van der Waals surface area contributed by atoms with E-state index < -0.39 is 5.92 Å². The Morgan fingerprint density at radius 3 is 2.43 bits per heavy atom. The molecule has 2 aliphatic rings. The van der Waals surface area contributed by atoms with Crippen LogP contribution in [-0.2, 0) is 19.1 Å². The first-order valence-electron chi connectivity index (χ1n) is 8.82. The minimum atomic E-state index is -0.465. The summed E-state index contributed by atoms with van der Waals surface area (Å²) in [4.78, 5) is 27.2. The summed E-state index contributed by atoms with van der Waals surface area (Å²) in [5, 5.41) is 0. The summed E-state index contributed by atoms with van der Waals surface area (Å²) in [7, 11) is 2.95. The Morgan fingerprint density at radius 2 is 1.87 bits per heavy atom. The van der Waals surface area contributed by atoms with E-state index in [0.29, 0.717) is 17.9 Å². The van der Waals surface area contributed by atoms with E-state index in [9.17, 15) is 9.59 Å². The molecule has 23 heavy (non-hydrogen) atoms. The molecular weight excluding hydrogens is 294 g/mol. The van der Waals surface area contributed by atoms with Gasteiger partial charge in [0.25, 0.3) is 0 Å². The predicted octanol–water partition coefficient (Wildman–Crippen LogP) is 2.63. The molecule has 2 fully saturated rings. The Morgan fingerprint density at radius 1 is 1.17 bits per heavy atom. The summed E-state index contributed by atoms with van der Waals surface area (Å²) in [6, 6.07) is 0.626. The van der Waals surface area contributed by atoms with Crippen LogP contribution in [0.2, 0.25) is 0 Å². The second-order valence-corrected chi connectivity index (χ2v) is 7.38. The first kappa shape index (κ1) is 18.2. The van der Waals surface area contributed by atoms with Crippen LogP contribution in [0.5, 0.6) is 0 Å². The number of nitrogens with zero attached hydrogens (tertiary/aromatic N) is 1. The Bertz CT molecular complexity index is 437. The van der Waals surface area contributed by atoms with Crippen molar-refractivity contribution in [1.29, 1.82) is 0 Å². The van der Waals surface area contributed by atoms with E-state index in [1.165, 1.54) is 20.0 Å². The van der Waals surface area contributed by atoms with Crippen LogP contribution in [0.25, 0.3) is 0 Å². The van der Waals surface area contributed by atoms with Gasteiger partial charge in [0.1, 0.15) is 0 Å². The minimum absolute atomic E-state index is 0.0675. The third-order valence-electron chi connectivity index (χ3n) is 5.77. The average molecular weight is 325 g/mol. The number of carbonyl (C=O) groups excluding carboxylic acids is 2. The van der Waals surface area contributed by atoms with Crippen molar-refractivity contribution in [3.05, 3.63) is 0 Å². The Balaban J connectivity index is 2.23. The lowest BCUT2D eigenvalue weighted by Gasteiger charge is -2.36. The Labute approximate surface area is 139 Å². The molecule has 1 saturated heterocycles. The molecule has 1 saturated carbocycles. The van der Waals surface area contributed by atoms with E-state index in [0.717, 1.165) is 12.8 Å². The van der Waals surface area contributed by atoms with Gasteiger partial charge in [-0.3, -0.25) is 9.59 Å². The number of carbonyl (C=O) groups is 2. The van der Waals surface area contributed by atoms with Crippen LogP contribution in [0.15, 0.2) is 0 Å². The molecular formula is C18H31NO4. The van der Waals surface area contributed by atoms with Gasteiger partial charge in [-0.2, -0.15) is 0 Å². The van der Waals surface area contributed by atoms with Crippen LogP contribution in [0.3, 0.4) is 0 Å². The van der Waals surface area contributed by atoms with Gasteiger partial charge < -0.3 is 14.4 Å². The smallest absolute Gasteiger partial charge is 0.306 e. The lowest BCUT2D eigenvalue weighted by Crippen LogP contribution is -2.49. The standard InChI is InChI=1S/C18H31NO4/c1-11(2)16-9-13-7-6-8-15(13)19(16)18(21)14(12(3)22-4)10-17(20)23-5/h11-16H,6-10H2,1-5H3/t12-,13+,14+,15?,16+/m1/s1. The fraction of sp³-hybridized carbons (Fsp3) is 0.889. The molecule has 5 heteroatoms. The third-order valence-corrected chi connectivity index (χ3v) is 5.77. The zero-order chi connectivity index (χ0) is 17.1. The summed E-state index contributed by atoms with van der Waals surface area (Å²) in [5.74, 6) is 0.311. The van der Waals surface area contributed by atoms with E-state index in [1.54, 1.807) is 7.11 Å². The molecule has 0 radical (unpaired) electrons. The zero-order valence-corrected chi connectivity index (χ0v) is 15.1. The van der Waals surface area contributed by atoms with Crippen LogP contribution in [-0.4, -0.2) is 49.2 Å². The highest BCUT2D eigenvalue weighted by molar-refractivity contribution is 5.85. The van der Waals surface area contributed by atoms with Crippen molar-refractivity contribution in [3.8, 4) is 0 Å². The Hall–Kier alpha value is -1.10. The molecule has 0 aromatic rings. The van der Waals surface area contributed by atoms with E-state index in [-0.39, 0.29) is 30.4 Å². The number of amides is 1. The van der Waals surface area contributed by atoms with Gasteiger partial charge >= 0.3 is 5.97 Å². The van der Waals surface area contributed by atoms with Crippen LogP contribution in [0.1, 0.15) is 52.9 Å². The molecule has 1 heterocycles. The number of rotatable bonds is 6. The second kappa shape index (κ2) is 7.65. The molecule has 0 N–H and O–H groups in total. The molecule has 2 rings (SSSR count). The molecule has 132 valence electrons. The van der Waals surface area contributed by atoms with E-state index >= 15 is 0 Å². The van der Waals surface area contributed by atoms with Crippen LogP contribution < -0.4 is 0 Å². The maximum absolute atomic E-state index is 13.3. The van der Waals surface area contributed by atoms with Gasteiger partial charge in [0.15, 0.2) is 0 Å². The van der Waals surface area contributed by atoms with Gasteiger partial charge in [0.2, 0.25) is 5.91 Å². The largest absolute Gasteiger partial charge is 0.469 e. The summed E-state index contributed by atoms with van der Waals surface area (Å²) >= 11 is 0. The van der Waals surface area contributed by atoms with Crippen LogP contribution in [0.4, 0.5) is 0 Å². The molecule has 1 aliphatic heterocycles. The van der Waals surface area contributed by atoms with Gasteiger partial charge in [-0.1, -0.05) is 20.3 Å². The second-order valence-electron chi connectivity index (χ2n) is 7.38. The summed E-state index contributed by atoms with van der Waals surface area (Å²) in [5.41, 5.74) is 0. The maximum atomic E-state index is 13.3. The molecule has 1 amide bonds. The summed E-state index contributed by atoms with van der Waals surface area (Å²) in [6.07, 6.45) is 4.40. The molecule has 0 spiro atoms. The Kier molecular flexibility index (Phi) is 6.06. The van der Waals surface area contributed by atoms with Crippen molar-refractivity contribution >= 4 is 11.9 Å². The number of fused-ring (bicyclic) bond motifs is 1. The molecule has 0 aromatic heterocycles. The highest BCUT2D eigenvalue weighted by Gasteiger charge is 2.48. The molecule has 0 bridgehead atoms. The van der Waals surface area contributed by atoms with Crippen molar-refractivity contribution in [2.45, 2.75) is 71.1 Å². The first-order chi connectivity index (χ1) is 10.9. The van der Waals surface area contributed by atoms with Crippen LogP contribution in [0, 0.1) is 17.8 Å². The van der Waals surface area contributed by atoms with Crippen molar-refractivity contribution in [2.75, 3.05) is 14.2 Å². The molecule has 5 nitrogen and oxygen atoms in total. The van der Waals surface area contributed by atoms with Crippen molar-refractivity contribution < 1.29 is 19.1 Å². The quantitative estimate of drug-likeness (QED) is 0.705. The average Bonchev–Trinajstić information content (AvgIpc) is 3.11. The number of hydrogen-bond acceptors (Lipinski definition) is 4. The summed E-state index contributed by atoms with van der Waals surface area (Å²) in [6.45, 7) is 6.22. The SMILES string of the molecule is COC(=O)C[C@H](C(=O)N1C2CCC[C@H]2C[C@H]1C(C)C)[C@@H](C)OC. The van der Waals surface area contributed by atoms with Gasteiger partial charge in [-0.15, -0.1) is 0 Å². The van der Waals surface area contributed by atoms with E-state index in [2.05, 4.69) is 18.7 Å². The van der Waals surface area contributed by atoms with Gasteiger partial charge in [-0.25, -0.2) is 0 Å². The lowest BCUT2D eigenvalue weighted by molar-refractivity contribution is -0.152. The van der Waals surface area contributed by atoms with E-state index in [4.69, 9.17) is 9.47 Å². The van der Waals surface area contributed by atoms with Gasteiger partial charge in [0.05, 0.1) is 25.6 Å². The number of likely N-dealkylation sites (tertiary alicyclic amines) is 1. The highest BCUT2D eigenvalue weighted by atomic mass is 16.5. The monoisotopic (exact) mass is 325 g/mol. The molecule has 1 aliphatic carbocycles. The minimum Gasteiger partial charge on any atom is -0.469 e. The van der Waals surface area contributed by atoms with Gasteiger partial charge in [-0.05, 0) is 38.0 Å². The normalized spacial score (nSPS) is 29.5. The molecule has 5 atom stereocenters. The molecule has 0 aromatic carbocycles. The highest BCUT2D eigenvalue weighted by Crippen LogP contribution is 2.44. The van der Waals surface area contributed by atoms with Crippen molar-refractivity contribution in [2.24, 2.45) is 17.8 Å². The molecule has 1 unspecified atom stereocenters. The predicted molar refractivity (Wildman–Crippen MR) is 87.8 cm³/mol. The first-order valence-corrected chi connectivity index (χ1v) is 8.82. The van der Waals surface area contributed by atoms with Gasteiger partial charge in [0, 0.05) is 19.2 Å². The van der Waals surface area contributed by atoms with E-state index in [1.807, 2.05) is 6.92 Å². The number of methoxy groups -OCH3 is 2. The zero-order valence-electron chi connectivity index (χ0n) is 15.1. The van der Waals surface area contributed by atoms with Crippen LogP contribution >= 0.6 is 0 Å². The number of ether oxygens (including phenoxy) is 2. The van der Waals surface area contributed by atoms with Crippen molar-refractivity contribution in [1.82, 2.24) is 4.90 Å². The topological polar surface area (TPSA) is 55.8 Å². The fourth-order valence-corrected chi connectivity index (χ4v) is 4.32. The lowest BCUT2D eigenvalue weighted by atomic mass is 9.94.